The second-order valence-corrected chi connectivity index (χ2v) is 5.65. The van der Waals surface area contributed by atoms with E-state index in [-0.39, 0.29) is 6.03 Å². The van der Waals surface area contributed by atoms with E-state index in [1.165, 1.54) is 24.8 Å². The highest BCUT2D eigenvalue weighted by Gasteiger charge is 2.16. The molecule has 0 radical (unpaired) electrons. The highest BCUT2D eigenvalue weighted by atomic mass is 16.2. The van der Waals surface area contributed by atoms with E-state index in [1.54, 1.807) is 0 Å². The summed E-state index contributed by atoms with van der Waals surface area (Å²) in [6.45, 7) is 7.21. The zero-order valence-electron chi connectivity index (χ0n) is 12.5. The van der Waals surface area contributed by atoms with Gasteiger partial charge in [0.1, 0.15) is 0 Å². The van der Waals surface area contributed by atoms with Gasteiger partial charge < -0.3 is 10.6 Å². The SMILES string of the molecule is Cc1ccc(NC(=O)NCC(C)N2CCCCC2)cc1. The van der Waals surface area contributed by atoms with Gasteiger partial charge >= 0.3 is 6.03 Å². The molecule has 1 heterocycles. The van der Waals surface area contributed by atoms with Crippen LogP contribution >= 0.6 is 0 Å². The predicted molar refractivity (Wildman–Crippen MR) is 83.1 cm³/mol. The summed E-state index contributed by atoms with van der Waals surface area (Å²) in [4.78, 5) is 14.3. The van der Waals surface area contributed by atoms with Gasteiger partial charge in [0.05, 0.1) is 0 Å². The molecule has 2 rings (SSSR count). The Balaban J connectivity index is 1.72. The normalized spacial score (nSPS) is 17.5. The first-order valence-electron chi connectivity index (χ1n) is 7.51. The number of nitrogens with zero attached hydrogens (tertiary/aromatic N) is 1. The van der Waals surface area contributed by atoms with Crippen molar-refractivity contribution in [2.45, 2.75) is 39.2 Å². The molecule has 0 bridgehead atoms. The van der Waals surface area contributed by atoms with Crippen molar-refractivity contribution in [3.8, 4) is 0 Å². The van der Waals surface area contributed by atoms with E-state index in [4.69, 9.17) is 0 Å². The topological polar surface area (TPSA) is 44.4 Å². The summed E-state index contributed by atoms with van der Waals surface area (Å²) >= 11 is 0. The second-order valence-electron chi connectivity index (χ2n) is 5.65. The van der Waals surface area contributed by atoms with Gasteiger partial charge in [-0.25, -0.2) is 4.79 Å². The van der Waals surface area contributed by atoms with Crippen LogP contribution in [0.1, 0.15) is 31.7 Å². The van der Waals surface area contributed by atoms with E-state index in [1.807, 2.05) is 31.2 Å². The third-order valence-corrected chi connectivity index (χ3v) is 3.88. The Morgan fingerprint density at radius 2 is 1.85 bits per heavy atom. The van der Waals surface area contributed by atoms with Gasteiger partial charge in [0.2, 0.25) is 0 Å². The smallest absolute Gasteiger partial charge is 0.319 e. The first kappa shape index (κ1) is 14.9. The van der Waals surface area contributed by atoms with Crippen molar-refractivity contribution in [2.75, 3.05) is 25.0 Å². The molecule has 0 aliphatic carbocycles. The molecule has 1 atom stereocenters. The molecule has 110 valence electrons. The minimum absolute atomic E-state index is 0.127. The molecule has 2 amide bonds. The summed E-state index contributed by atoms with van der Waals surface area (Å²) in [7, 11) is 0. The molecule has 1 saturated heterocycles. The van der Waals surface area contributed by atoms with E-state index < -0.39 is 0 Å². The van der Waals surface area contributed by atoms with Crippen LogP contribution in [0.15, 0.2) is 24.3 Å². The average Bonchev–Trinajstić information content (AvgIpc) is 2.48. The van der Waals surface area contributed by atoms with Crippen molar-refractivity contribution in [1.29, 1.82) is 0 Å². The van der Waals surface area contributed by atoms with Crippen molar-refractivity contribution in [3.63, 3.8) is 0 Å². The number of nitrogens with one attached hydrogen (secondary N) is 2. The summed E-state index contributed by atoms with van der Waals surface area (Å²) < 4.78 is 0. The number of piperidine rings is 1. The second kappa shape index (κ2) is 7.29. The van der Waals surface area contributed by atoms with Gasteiger partial charge in [0.15, 0.2) is 0 Å². The predicted octanol–water partition coefficient (Wildman–Crippen LogP) is 2.99. The Morgan fingerprint density at radius 1 is 1.20 bits per heavy atom. The number of benzene rings is 1. The van der Waals surface area contributed by atoms with Gasteiger partial charge in [-0.15, -0.1) is 0 Å². The van der Waals surface area contributed by atoms with E-state index in [0.29, 0.717) is 12.6 Å². The minimum Gasteiger partial charge on any atom is -0.336 e. The van der Waals surface area contributed by atoms with Crippen molar-refractivity contribution < 1.29 is 4.79 Å². The monoisotopic (exact) mass is 275 g/mol. The lowest BCUT2D eigenvalue weighted by molar-refractivity contribution is 0.171. The van der Waals surface area contributed by atoms with Crippen molar-refractivity contribution in [2.24, 2.45) is 0 Å². The number of carbonyl (C=O) groups excluding carboxylic acids is 1. The number of aryl methyl sites for hydroxylation is 1. The lowest BCUT2D eigenvalue weighted by Crippen LogP contribution is -2.45. The third kappa shape index (κ3) is 4.53. The first-order chi connectivity index (χ1) is 9.65. The highest BCUT2D eigenvalue weighted by Crippen LogP contribution is 2.11. The molecule has 1 aromatic carbocycles. The van der Waals surface area contributed by atoms with Crippen molar-refractivity contribution in [3.05, 3.63) is 29.8 Å². The molecule has 1 fully saturated rings. The van der Waals surface area contributed by atoms with Crippen LogP contribution in [-0.2, 0) is 0 Å². The standard InChI is InChI=1S/C16H25N3O/c1-13-6-8-15(9-7-13)18-16(20)17-12-14(2)19-10-4-3-5-11-19/h6-9,14H,3-5,10-12H2,1-2H3,(H2,17,18,20). The number of hydrogen-bond acceptors (Lipinski definition) is 2. The summed E-state index contributed by atoms with van der Waals surface area (Å²) in [5, 5.41) is 5.81. The van der Waals surface area contributed by atoms with Gasteiger partial charge in [-0.1, -0.05) is 24.1 Å². The third-order valence-electron chi connectivity index (χ3n) is 3.88. The highest BCUT2D eigenvalue weighted by molar-refractivity contribution is 5.89. The zero-order valence-corrected chi connectivity index (χ0v) is 12.5. The van der Waals surface area contributed by atoms with Gasteiger partial charge in [-0.2, -0.15) is 0 Å². The molecule has 0 spiro atoms. The van der Waals surface area contributed by atoms with Crippen LogP contribution in [0, 0.1) is 6.92 Å². The summed E-state index contributed by atoms with van der Waals surface area (Å²) in [5.74, 6) is 0. The molecule has 0 aromatic heterocycles. The number of urea groups is 1. The molecular formula is C16H25N3O. The molecule has 4 heteroatoms. The Morgan fingerprint density at radius 3 is 2.50 bits per heavy atom. The lowest BCUT2D eigenvalue weighted by atomic mass is 10.1. The van der Waals surface area contributed by atoms with E-state index in [2.05, 4.69) is 22.5 Å². The van der Waals surface area contributed by atoms with Crippen LogP contribution in [0.2, 0.25) is 0 Å². The Labute approximate surface area is 121 Å². The maximum Gasteiger partial charge on any atom is 0.319 e. The molecular weight excluding hydrogens is 250 g/mol. The largest absolute Gasteiger partial charge is 0.336 e. The maximum absolute atomic E-state index is 11.8. The average molecular weight is 275 g/mol. The quantitative estimate of drug-likeness (QED) is 0.887. The number of hydrogen-bond donors (Lipinski definition) is 2. The van der Waals surface area contributed by atoms with Gasteiger partial charge in [0.25, 0.3) is 0 Å². The van der Waals surface area contributed by atoms with E-state index in [9.17, 15) is 4.79 Å². The number of likely N-dealkylation sites (tertiary alicyclic amines) is 1. The maximum atomic E-state index is 11.8. The van der Waals surface area contributed by atoms with Crippen LogP contribution in [0.25, 0.3) is 0 Å². The fourth-order valence-corrected chi connectivity index (χ4v) is 2.54. The Bertz CT molecular complexity index is 424. The molecule has 1 aliphatic heterocycles. The lowest BCUT2D eigenvalue weighted by Gasteiger charge is -2.32. The van der Waals surface area contributed by atoms with Gasteiger partial charge in [-0.3, -0.25) is 4.90 Å². The molecule has 4 nitrogen and oxygen atoms in total. The van der Waals surface area contributed by atoms with Crippen LogP contribution in [0.5, 0.6) is 0 Å². The fraction of sp³-hybridized carbons (Fsp3) is 0.562. The molecule has 20 heavy (non-hydrogen) atoms. The van der Waals surface area contributed by atoms with Crippen LogP contribution in [-0.4, -0.2) is 36.6 Å². The molecule has 1 unspecified atom stereocenters. The fourth-order valence-electron chi connectivity index (χ4n) is 2.54. The van der Waals surface area contributed by atoms with Crippen molar-refractivity contribution >= 4 is 11.7 Å². The molecule has 2 N–H and O–H groups in total. The summed E-state index contributed by atoms with van der Waals surface area (Å²) in [5.41, 5.74) is 2.02. The van der Waals surface area contributed by atoms with Crippen LogP contribution in [0.4, 0.5) is 10.5 Å². The Hall–Kier alpha value is -1.55. The number of carbonyl (C=O) groups is 1. The van der Waals surface area contributed by atoms with Crippen LogP contribution in [0.3, 0.4) is 0 Å². The molecule has 0 saturated carbocycles. The molecule has 1 aromatic rings. The van der Waals surface area contributed by atoms with E-state index in [0.717, 1.165) is 18.8 Å². The minimum atomic E-state index is -0.127. The number of rotatable bonds is 4. The summed E-state index contributed by atoms with van der Waals surface area (Å²) in [6, 6.07) is 8.10. The first-order valence-corrected chi connectivity index (χ1v) is 7.51. The molecule has 1 aliphatic rings. The van der Waals surface area contributed by atoms with Gasteiger partial charge in [-0.05, 0) is 51.9 Å². The Kier molecular flexibility index (Phi) is 5.41. The van der Waals surface area contributed by atoms with Crippen molar-refractivity contribution in [1.82, 2.24) is 10.2 Å². The zero-order chi connectivity index (χ0) is 14.4. The van der Waals surface area contributed by atoms with E-state index >= 15 is 0 Å². The van der Waals surface area contributed by atoms with Gasteiger partial charge in [0, 0.05) is 18.3 Å². The van der Waals surface area contributed by atoms with Crippen LogP contribution < -0.4 is 10.6 Å². The number of amides is 2. The number of anilines is 1. The summed E-state index contributed by atoms with van der Waals surface area (Å²) in [6.07, 6.45) is 3.89.